The Morgan fingerprint density at radius 3 is 2.45 bits per heavy atom. The van der Waals surface area contributed by atoms with E-state index in [9.17, 15) is 21.6 Å². The first kappa shape index (κ1) is 15.7. The molecule has 0 unspecified atom stereocenters. The molecule has 4 nitrogen and oxygen atoms in total. The van der Waals surface area contributed by atoms with E-state index in [4.69, 9.17) is 18.0 Å². The molecule has 1 saturated carbocycles. The van der Waals surface area contributed by atoms with Gasteiger partial charge in [0.2, 0.25) is 0 Å². The van der Waals surface area contributed by atoms with Crippen LogP contribution in [-0.2, 0) is 10.0 Å². The van der Waals surface area contributed by atoms with E-state index in [-0.39, 0.29) is 9.20 Å². The number of hydrogen-bond donors (Lipinski definition) is 1. The number of halogens is 3. The van der Waals surface area contributed by atoms with E-state index >= 15 is 0 Å². The summed E-state index contributed by atoms with van der Waals surface area (Å²) >= 11 is 5.50. The molecule has 1 aromatic rings. The molecule has 1 aromatic heterocycles. The van der Waals surface area contributed by atoms with Gasteiger partial charge in [-0.25, -0.2) is 8.42 Å². The highest BCUT2D eigenvalue weighted by Crippen LogP contribution is 2.36. The summed E-state index contributed by atoms with van der Waals surface area (Å²) in [6, 6.07) is 2.07. The fourth-order valence-electron chi connectivity index (χ4n) is 1.66. The number of hydrogen-bond acceptors (Lipinski definition) is 4. The fraction of sp³-hybridized carbons (Fsp3) is 0.500. The molecule has 0 radical (unpaired) electrons. The number of nitrogens with two attached hydrogens (primary N) is 1. The first-order valence-corrected chi connectivity index (χ1v) is 8.26. The van der Waals surface area contributed by atoms with Crippen molar-refractivity contribution in [2.24, 2.45) is 5.73 Å². The largest absolute Gasteiger partial charge is 0.402 e. The molecule has 10 heteroatoms. The zero-order chi connectivity index (χ0) is 15.1. The molecule has 0 bridgehead atoms. The van der Waals surface area contributed by atoms with E-state index in [2.05, 4.69) is 0 Å². The lowest BCUT2D eigenvalue weighted by molar-refractivity contribution is -0.136. The van der Waals surface area contributed by atoms with Crippen LogP contribution in [0.4, 0.5) is 13.2 Å². The number of nitrogens with zero attached hydrogens (tertiary/aromatic N) is 1. The van der Waals surface area contributed by atoms with Gasteiger partial charge in [0, 0.05) is 6.04 Å². The van der Waals surface area contributed by atoms with Crippen molar-refractivity contribution >= 4 is 38.6 Å². The molecular weight excluding hydrogens is 333 g/mol. The van der Waals surface area contributed by atoms with E-state index in [1.807, 2.05) is 0 Å². The standard InChI is InChI=1S/C10H11F3N2O2S3/c11-10(12,13)5-15(6-1-2-6)20(16,17)8-4-3-7(19-8)9(14)18/h3-4,6H,1-2,5H2,(H2,14,18). The van der Waals surface area contributed by atoms with E-state index < -0.39 is 28.8 Å². The van der Waals surface area contributed by atoms with Gasteiger partial charge >= 0.3 is 6.18 Å². The summed E-state index contributed by atoms with van der Waals surface area (Å²) in [5.74, 6) is 0. The molecule has 2 N–H and O–H groups in total. The maximum atomic E-state index is 12.5. The summed E-state index contributed by atoms with van der Waals surface area (Å²) < 4.78 is 62.5. The molecule has 2 rings (SSSR count). The second kappa shape index (κ2) is 5.24. The smallest absolute Gasteiger partial charge is 0.389 e. The Morgan fingerprint density at radius 1 is 1.45 bits per heavy atom. The first-order valence-electron chi connectivity index (χ1n) is 5.59. The third-order valence-electron chi connectivity index (χ3n) is 2.68. The minimum Gasteiger partial charge on any atom is -0.389 e. The predicted molar refractivity (Wildman–Crippen MR) is 73.2 cm³/mol. The Morgan fingerprint density at radius 2 is 2.05 bits per heavy atom. The lowest BCUT2D eigenvalue weighted by Crippen LogP contribution is -2.40. The second-order valence-corrected chi connectivity index (χ2v) is 8.02. The van der Waals surface area contributed by atoms with Crippen LogP contribution >= 0.6 is 23.6 Å². The Kier molecular flexibility index (Phi) is 4.11. The highest BCUT2D eigenvalue weighted by molar-refractivity contribution is 7.91. The quantitative estimate of drug-likeness (QED) is 0.831. The summed E-state index contributed by atoms with van der Waals surface area (Å²) in [4.78, 5) is 0.381. The average Bonchev–Trinajstić information content (AvgIpc) is 2.99. The maximum absolute atomic E-state index is 12.5. The molecule has 1 aliphatic rings. The van der Waals surface area contributed by atoms with Gasteiger partial charge in [-0.3, -0.25) is 0 Å². The van der Waals surface area contributed by atoms with Gasteiger partial charge in [0.15, 0.2) is 0 Å². The van der Waals surface area contributed by atoms with Crippen molar-refractivity contribution < 1.29 is 21.6 Å². The summed E-state index contributed by atoms with van der Waals surface area (Å²) in [5.41, 5.74) is 5.37. The van der Waals surface area contributed by atoms with Crippen LogP contribution in [0, 0.1) is 0 Å². The third-order valence-corrected chi connectivity index (χ3v) is 6.51. The highest BCUT2D eigenvalue weighted by Gasteiger charge is 2.45. The van der Waals surface area contributed by atoms with Gasteiger partial charge < -0.3 is 5.73 Å². The molecule has 0 spiro atoms. The minimum atomic E-state index is -4.57. The number of thiophene rings is 1. The van der Waals surface area contributed by atoms with Crippen LogP contribution in [0.25, 0.3) is 0 Å². The highest BCUT2D eigenvalue weighted by atomic mass is 32.2. The van der Waals surface area contributed by atoms with E-state index in [0.29, 0.717) is 22.0 Å². The fourth-order valence-corrected chi connectivity index (χ4v) is 4.81. The normalized spacial score (nSPS) is 16.6. The molecule has 0 atom stereocenters. The summed E-state index contributed by atoms with van der Waals surface area (Å²) in [6.45, 7) is -1.47. The summed E-state index contributed by atoms with van der Waals surface area (Å²) in [7, 11) is -4.17. The van der Waals surface area contributed by atoms with Gasteiger partial charge in [-0.05, 0) is 25.0 Å². The Labute approximate surface area is 123 Å². The van der Waals surface area contributed by atoms with E-state index in [0.717, 1.165) is 11.3 Å². The second-order valence-electron chi connectivity index (χ2n) is 4.38. The van der Waals surface area contributed by atoms with Gasteiger partial charge in [-0.15, -0.1) is 11.3 Å². The Hall–Kier alpha value is -0.710. The van der Waals surface area contributed by atoms with Crippen molar-refractivity contribution in [2.45, 2.75) is 29.3 Å². The van der Waals surface area contributed by atoms with Crippen LogP contribution in [-0.4, -0.2) is 36.5 Å². The number of rotatable bonds is 5. The van der Waals surface area contributed by atoms with Gasteiger partial charge in [0.25, 0.3) is 10.0 Å². The van der Waals surface area contributed by atoms with Crippen molar-refractivity contribution in [3.63, 3.8) is 0 Å². The van der Waals surface area contributed by atoms with Crippen LogP contribution in [0.3, 0.4) is 0 Å². The van der Waals surface area contributed by atoms with Crippen LogP contribution in [0.1, 0.15) is 17.7 Å². The van der Waals surface area contributed by atoms with E-state index in [1.54, 1.807) is 0 Å². The summed E-state index contributed by atoms with van der Waals surface area (Å²) in [6.07, 6.45) is -3.68. The van der Waals surface area contributed by atoms with E-state index in [1.165, 1.54) is 12.1 Å². The molecule has 1 aliphatic carbocycles. The molecule has 0 aliphatic heterocycles. The van der Waals surface area contributed by atoms with Crippen molar-refractivity contribution in [1.29, 1.82) is 0 Å². The average molecular weight is 344 g/mol. The topological polar surface area (TPSA) is 63.4 Å². The third kappa shape index (κ3) is 3.48. The number of alkyl halides is 3. The van der Waals surface area contributed by atoms with Crippen LogP contribution in [0.5, 0.6) is 0 Å². The summed E-state index contributed by atoms with van der Waals surface area (Å²) in [5, 5.41) is 0. The molecule has 0 amide bonds. The molecule has 1 fully saturated rings. The zero-order valence-electron chi connectivity index (χ0n) is 10.1. The van der Waals surface area contributed by atoms with Crippen LogP contribution in [0.15, 0.2) is 16.3 Å². The van der Waals surface area contributed by atoms with Gasteiger partial charge in [-0.1, -0.05) is 12.2 Å². The van der Waals surface area contributed by atoms with Crippen molar-refractivity contribution in [2.75, 3.05) is 6.54 Å². The molecule has 0 saturated heterocycles. The maximum Gasteiger partial charge on any atom is 0.402 e. The molecular formula is C10H11F3N2O2S3. The van der Waals surface area contributed by atoms with Gasteiger partial charge in [0.05, 0.1) is 4.88 Å². The minimum absolute atomic E-state index is 0.0187. The first-order chi connectivity index (χ1) is 9.11. The predicted octanol–water partition coefficient (Wildman–Crippen LogP) is 2.10. The Balaban J connectivity index is 2.32. The van der Waals surface area contributed by atoms with Crippen molar-refractivity contribution in [1.82, 2.24) is 4.31 Å². The lowest BCUT2D eigenvalue weighted by Gasteiger charge is -2.22. The number of thiocarbonyl (C=S) groups is 1. The van der Waals surface area contributed by atoms with Crippen molar-refractivity contribution in [3.8, 4) is 0 Å². The monoisotopic (exact) mass is 344 g/mol. The lowest BCUT2D eigenvalue weighted by atomic mass is 10.5. The molecule has 0 aromatic carbocycles. The molecule has 112 valence electrons. The SMILES string of the molecule is NC(=S)c1ccc(S(=O)(=O)N(CC(F)(F)F)C2CC2)s1. The van der Waals surface area contributed by atoms with Gasteiger partial charge in [0.1, 0.15) is 15.7 Å². The van der Waals surface area contributed by atoms with Gasteiger partial charge in [-0.2, -0.15) is 17.5 Å². The van der Waals surface area contributed by atoms with Crippen LogP contribution < -0.4 is 5.73 Å². The van der Waals surface area contributed by atoms with Crippen LogP contribution in [0.2, 0.25) is 0 Å². The Bertz CT molecular complexity index is 620. The molecule has 20 heavy (non-hydrogen) atoms. The van der Waals surface area contributed by atoms with Crippen molar-refractivity contribution in [3.05, 3.63) is 17.0 Å². The zero-order valence-corrected chi connectivity index (χ0v) is 12.5. The molecule has 1 heterocycles. The number of sulfonamides is 1.